The Kier molecular flexibility index (Phi) is 4.10. The molecule has 1 aliphatic rings. The standard InChI is InChI=1S/C11H14F3N3OS/c1-7(18)16-10-15-5-8(19-10)6-17-4-2-3-9(17)11(12,13)14/h5,9H,2-4,6H2,1H3,(H,15,16,18). The number of nitrogens with zero attached hydrogens (tertiary/aromatic N) is 2. The summed E-state index contributed by atoms with van der Waals surface area (Å²) in [5.41, 5.74) is 0. The van der Waals surface area contributed by atoms with Crippen LogP contribution in [0.1, 0.15) is 24.6 Å². The highest BCUT2D eigenvalue weighted by Crippen LogP contribution is 2.34. The molecule has 4 nitrogen and oxygen atoms in total. The zero-order valence-corrected chi connectivity index (χ0v) is 11.1. The van der Waals surface area contributed by atoms with Gasteiger partial charge in [-0.3, -0.25) is 9.69 Å². The second kappa shape index (κ2) is 5.46. The number of hydrogen-bond acceptors (Lipinski definition) is 4. The van der Waals surface area contributed by atoms with Crippen LogP contribution in [0, 0.1) is 0 Å². The molecule has 1 fully saturated rings. The number of nitrogens with one attached hydrogen (secondary N) is 1. The zero-order valence-electron chi connectivity index (χ0n) is 10.3. The summed E-state index contributed by atoms with van der Waals surface area (Å²) in [4.78, 5) is 17.0. The Morgan fingerprint density at radius 1 is 1.63 bits per heavy atom. The topological polar surface area (TPSA) is 45.2 Å². The van der Waals surface area contributed by atoms with Crippen LogP contribution in [0.5, 0.6) is 0 Å². The van der Waals surface area contributed by atoms with Gasteiger partial charge in [-0.1, -0.05) is 0 Å². The zero-order chi connectivity index (χ0) is 14.0. The molecule has 1 saturated heterocycles. The van der Waals surface area contributed by atoms with E-state index < -0.39 is 12.2 Å². The molecule has 0 aliphatic carbocycles. The summed E-state index contributed by atoms with van der Waals surface area (Å²) >= 11 is 1.21. The van der Waals surface area contributed by atoms with E-state index in [-0.39, 0.29) is 18.9 Å². The molecule has 106 valence electrons. The largest absolute Gasteiger partial charge is 0.404 e. The molecule has 8 heteroatoms. The fourth-order valence-electron chi connectivity index (χ4n) is 2.18. The van der Waals surface area contributed by atoms with Gasteiger partial charge in [-0.05, 0) is 19.4 Å². The molecule has 0 aromatic carbocycles. The molecule has 1 N–H and O–H groups in total. The minimum Gasteiger partial charge on any atom is -0.302 e. The summed E-state index contributed by atoms with van der Waals surface area (Å²) in [6.45, 7) is 2.03. The van der Waals surface area contributed by atoms with Crippen molar-refractivity contribution in [3.8, 4) is 0 Å². The number of rotatable bonds is 3. The van der Waals surface area contributed by atoms with E-state index in [1.54, 1.807) is 0 Å². The number of halogens is 3. The number of likely N-dealkylation sites (tertiary alicyclic amines) is 1. The molecule has 2 heterocycles. The average molecular weight is 293 g/mol. The first-order valence-electron chi connectivity index (χ1n) is 5.89. The third-order valence-corrected chi connectivity index (χ3v) is 3.83. The Morgan fingerprint density at radius 2 is 2.37 bits per heavy atom. The van der Waals surface area contributed by atoms with Crippen LogP contribution in [0.4, 0.5) is 18.3 Å². The van der Waals surface area contributed by atoms with E-state index in [9.17, 15) is 18.0 Å². The summed E-state index contributed by atoms with van der Waals surface area (Å²) < 4.78 is 38.3. The van der Waals surface area contributed by atoms with E-state index in [4.69, 9.17) is 0 Å². The minimum absolute atomic E-state index is 0.154. The van der Waals surface area contributed by atoms with E-state index >= 15 is 0 Å². The molecule has 0 spiro atoms. The van der Waals surface area contributed by atoms with Crippen LogP contribution in [0.3, 0.4) is 0 Å². The summed E-state index contributed by atoms with van der Waals surface area (Å²) in [6, 6.07) is -1.36. The Hall–Kier alpha value is -1.15. The predicted octanol–water partition coefficient (Wildman–Crippen LogP) is 2.63. The Labute approximate surface area is 112 Å². The fraction of sp³-hybridized carbons (Fsp3) is 0.636. The van der Waals surface area contributed by atoms with Crippen molar-refractivity contribution in [2.45, 2.75) is 38.5 Å². The monoisotopic (exact) mass is 293 g/mol. The Balaban J connectivity index is 2.00. The maximum Gasteiger partial charge on any atom is 0.404 e. The maximum atomic E-state index is 12.8. The number of hydrogen-bond donors (Lipinski definition) is 1. The van der Waals surface area contributed by atoms with Crippen LogP contribution in [0.25, 0.3) is 0 Å². The minimum atomic E-state index is -4.18. The molecule has 1 amide bonds. The van der Waals surface area contributed by atoms with Crippen LogP contribution in [-0.2, 0) is 11.3 Å². The third kappa shape index (κ3) is 3.66. The number of aromatic nitrogens is 1. The van der Waals surface area contributed by atoms with Gasteiger partial charge in [-0.15, -0.1) is 11.3 Å². The molecular formula is C11H14F3N3OS. The van der Waals surface area contributed by atoms with Gasteiger partial charge >= 0.3 is 6.18 Å². The smallest absolute Gasteiger partial charge is 0.302 e. The quantitative estimate of drug-likeness (QED) is 0.932. The normalized spacial score (nSPS) is 20.7. The highest BCUT2D eigenvalue weighted by molar-refractivity contribution is 7.15. The number of anilines is 1. The number of carbonyl (C=O) groups is 1. The molecule has 1 unspecified atom stereocenters. The molecule has 1 aliphatic heterocycles. The van der Waals surface area contributed by atoms with Crippen LogP contribution in [0.15, 0.2) is 6.20 Å². The van der Waals surface area contributed by atoms with Gasteiger partial charge in [0.25, 0.3) is 0 Å². The van der Waals surface area contributed by atoms with E-state index in [1.165, 1.54) is 29.4 Å². The van der Waals surface area contributed by atoms with Gasteiger partial charge in [0.15, 0.2) is 5.13 Å². The molecule has 19 heavy (non-hydrogen) atoms. The van der Waals surface area contributed by atoms with Crippen LogP contribution >= 0.6 is 11.3 Å². The van der Waals surface area contributed by atoms with Crippen LogP contribution in [-0.4, -0.2) is 34.6 Å². The van der Waals surface area contributed by atoms with Crippen molar-refractivity contribution >= 4 is 22.4 Å². The lowest BCUT2D eigenvalue weighted by Gasteiger charge is -2.25. The number of carbonyl (C=O) groups excluding carboxylic acids is 1. The van der Waals surface area contributed by atoms with E-state index in [0.717, 1.165) is 4.88 Å². The lowest BCUT2D eigenvalue weighted by atomic mass is 10.2. The molecule has 0 bridgehead atoms. The molecule has 1 aromatic heterocycles. The number of alkyl halides is 3. The van der Waals surface area contributed by atoms with Crippen LogP contribution in [0.2, 0.25) is 0 Å². The number of amides is 1. The summed E-state index contributed by atoms with van der Waals surface area (Å²) in [5, 5.41) is 2.94. The van der Waals surface area contributed by atoms with E-state index in [0.29, 0.717) is 18.1 Å². The Bertz CT molecular complexity index is 460. The highest BCUT2D eigenvalue weighted by Gasteiger charge is 2.45. The lowest BCUT2D eigenvalue weighted by Crippen LogP contribution is -2.40. The van der Waals surface area contributed by atoms with Crippen molar-refractivity contribution in [1.82, 2.24) is 9.88 Å². The summed E-state index contributed by atoms with van der Waals surface area (Å²) in [7, 11) is 0. The molecule has 1 atom stereocenters. The Morgan fingerprint density at radius 3 is 3.00 bits per heavy atom. The first kappa shape index (κ1) is 14.3. The van der Waals surface area contributed by atoms with Crippen molar-refractivity contribution in [1.29, 1.82) is 0 Å². The van der Waals surface area contributed by atoms with Crippen LogP contribution < -0.4 is 5.32 Å². The van der Waals surface area contributed by atoms with Crippen molar-refractivity contribution < 1.29 is 18.0 Å². The second-order valence-electron chi connectivity index (χ2n) is 4.48. The second-order valence-corrected chi connectivity index (χ2v) is 5.60. The summed E-state index contributed by atoms with van der Waals surface area (Å²) in [5.74, 6) is -0.241. The average Bonchev–Trinajstić information content (AvgIpc) is 2.86. The highest BCUT2D eigenvalue weighted by atomic mass is 32.1. The number of thiazole rings is 1. The molecule has 0 saturated carbocycles. The van der Waals surface area contributed by atoms with Crippen molar-refractivity contribution in [2.24, 2.45) is 0 Å². The van der Waals surface area contributed by atoms with Gasteiger partial charge in [0.1, 0.15) is 6.04 Å². The molecule has 0 radical (unpaired) electrons. The maximum absolute atomic E-state index is 12.8. The first-order valence-corrected chi connectivity index (χ1v) is 6.71. The molecule has 1 aromatic rings. The predicted molar refractivity (Wildman–Crippen MR) is 65.9 cm³/mol. The van der Waals surface area contributed by atoms with E-state index in [2.05, 4.69) is 10.3 Å². The molecule has 2 rings (SSSR count). The SMILES string of the molecule is CC(=O)Nc1ncc(CN2CCCC2C(F)(F)F)s1. The fourth-order valence-corrected chi connectivity index (χ4v) is 3.06. The first-order chi connectivity index (χ1) is 8.86. The van der Waals surface area contributed by atoms with Crippen molar-refractivity contribution in [3.05, 3.63) is 11.1 Å². The van der Waals surface area contributed by atoms with E-state index in [1.807, 2.05) is 0 Å². The van der Waals surface area contributed by atoms with Gasteiger partial charge in [-0.25, -0.2) is 4.98 Å². The summed E-state index contributed by atoms with van der Waals surface area (Å²) in [6.07, 6.45) is -1.95. The molecular weight excluding hydrogens is 279 g/mol. The third-order valence-electron chi connectivity index (χ3n) is 2.94. The van der Waals surface area contributed by atoms with Gasteiger partial charge in [0, 0.05) is 24.5 Å². The van der Waals surface area contributed by atoms with Crippen molar-refractivity contribution in [2.75, 3.05) is 11.9 Å². The van der Waals surface area contributed by atoms with Gasteiger partial charge in [0.05, 0.1) is 0 Å². The van der Waals surface area contributed by atoms with Crippen molar-refractivity contribution in [3.63, 3.8) is 0 Å². The lowest BCUT2D eigenvalue weighted by molar-refractivity contribution is -0.177. The van der Waals surface area contributed by atoms with Gasteiger partial charge in [0.2, 0.25) is 5.91 Å². The van der Waals surface area contributed by atoms with Gasteiger partial charge in [-0.2, -0.15) is 13.2 Å². The van der Waals surface area contributed by atoms with Gasteiger partial charge < -0.3 is 5.32 Å².